The third kappa shape index (κ3) is 4.55. The van der Waals surface area contributed by atoms with Gasteiger partial charge in [0.25, 0.3) is 0 Å². The van der Waals surface area contributed by atoms with Crippen molar-refractivity contribution < 1.29 is 14.3 Å². The lowest BCUT2D eigenvalue weighted by Crippen LogP contribution is -2.46. The fourth-order valence-corrected chi connectivity index (χ4v) is 2.90. The van der Waals surface area contributed by atoms with Crippen LogP contribution in [0.5, 0.6) is 0 Å². The predicted octanol–water partition coefficient (Wildman–Crippen LogP) is 2.44. The van der Waals surface area contributed by atoms with Crippen LogP contribution < -0.4 is 0 Å². The summed E-state index contributed by atoms with van der Waals surface area (Å²) in [7, 11) is 0. The molecule has 1 aromatic rings. The Labute approximate surface area is 127 Å². The number of rotatable bonds is 6. The molecule has 0 radical (unpaired) electrons. The van der Waals surface area contributed by atoms with Crippen LogP contribution in [0.25, 0.3) is 0 Å². The van der Waals surface area contributed by atoms with Gasteiger partial charge in [0.15, 0.2) is 0 Å². The van der Waals surface area contributed by atoms with Gasteiger partial charge in [-0.25, -0.2) is 0 Å². The molecule has 0 N–H and O–H groups in total. The first-order valence-electron chi connectivity index (χ1n) is 7.74. The molecule has 0 amide bonds. The average Bonchev–Trinajstić information content (AvgIpc) is 2.54. The molecule has 4 nitrogen and oxygen atoms in total. The van der Waals surface area contributed by atoms with E-state index >= 15 is 0 Å². The van der Waals surface area contributed by atoms with Crippen LogP contribution in [0.15, 0.2) is 30.3 Å². The SMILES string of the molecule is CCOC(=O)CC(C(C)c1ccccc1)N1CCOCC1. The molecule has 1 aliphatic heterocycles. The number of ether oxygens (including phenoxy) is 2. The fourth-order valence-electron chi connectivity index (χ4n) is 2.90. The maximum Gasteiger partial charge on any atom is 0.307 e. The zero-order valence-corrected chi connectivity index (χ0v) is 13.0. The van der Waals surface area contributed by atoms with Crippen LogP contribution in [0, 0.1) is 0 Å². The zero-order chi connectivity index (χ0) is 15.1. The quantitative estimate of drug-likeness (QED) is 0.755. The van der Waals surface area contributed by atoms with Gasteiger partial charge in [0.1, 0.15) is 0 Å². The van der Waals surface area contributed by atoms with Crippen LogP contribution in [0.2, 0.25) is 0 Å². The summed E-state index contributed by atoms with van der Waals surface area (Å²) in [6.07, 6.45) is 0.434. The molecule has 1 aliphatic rings. The van der Waals surface area contributed by atoms with E-state index in [1.165, 1.54) is 5.56 Å². The predicted molar refractivity (Wildman–Crippen MR) is 82.3 cm³/mol. The van der Waals surface area contributed by atoms with Crippen molar-refractivity contribution >= 4 is 5.97 Å². The number of nitrogens with zero attached hydrogens (tertiary/aromatic N) is 1. The summed E-state index contributed by atoms with van der Waals surface area (Å²) in [5.41, 5.74) is 1.26. The maximum absolute atomic E-state index is 12.0. The van der Waals surface area contributed by atoms with Crippen molar-refractivity contribution in [2.24, 2.45) is 0 Å². The Morgan fingerprint density at radius 2 is 1.95 bits per heavy atom. The summed E-state index contributed by atoms with van der Waals surface area (Å²) in [4.78, 5) is 14.3. The second kappa shape index (κ2) is 8.15. The smallest absolute Gasteiger partial charge is 0.307 e. The summed E-state index contributed by atoms with van der Waals surface area (Å²) in [6.45, 7) is 7.70. The molecule has 0 aromatic heterocycles. The van der Waals surface area contributed by atoms with E-state index in [-0.39, 0.29) is 17.9 Å². The zero-order valence-electron chi connectivity index (χ0n) is 13.0. The van der Waals surface area contributed by atoms with Gasteiger partial charge >= 0.3 is 5.97 Å². The van der Waals surface area contributed by atoms with E-state index < -0.39 is 0 Å². The molecule has 1 fully saturated rings. The highest BCUT2D eigenvalue weighted by Gasteiger charge is 2.29. The van der Waals surface area contributed by atoms with Gasteiger partial charge in [-0.3, -0.25) is 9.69 Å². The van der Waals surface area contributed by atoms with E-state index in [0.717, 1.165) is 26.3 Å². The lowest BCUT2D eigenvalue weighted by molar-refractivity contribution is -0.145. The summed E-state index contributed by atoms with van der Waals surface area (Å²) in [5, 5.41) is 0. The first-order chi connectivity index (χ1) is 10.2. The van der Waals surface area contributed by atoms with Gasteiger partial charge in [-0.2, -0.15) is 0 Å². The minimum atomic E-state index is -0.114. The van der Waals surface area contributed by atoms with Crippen LogP contribution >= 0.6 is 0 Å². The number of hydrogen-bond donors (Lipinski definition) is 0. The number of esters is 1. The molecule has 116 valence electrons. The molecule has 2 rings (SSSR count). The van der Waals surface area contributed by atoms with Gasteiger partial charge in [-0.15, -0.1) is 0 Å². The first-order valence-corrected chi connectivity index (χ1v) is 7.74. The average molecular weight is 291 g/mol. The Balaban J connectivity index is 2.11. The highest BCUT2D eigenvalue weighted by molar-refractivity contribution is 5.70. The Bertz CT molecular complexity index is 429. The minimum Gasteiger partial charge on any atom is -0.466 e. The third-order valence-electron chi connectivity index (χ3n) is 4.10. The van der Waals surface area contributed by atoms with Gasteiger partial charge < -0.3 is 9.47 Å². The number of hydrogen-bond acceptors (Lipinski definition) is 4. The molecule has 2 unspecified atom stereocenters. The molecule has 2 atom stereocenters. The van der Waals surface area contributed by atoms with Crippen molar-refractivity contribution in [3.8, 4) is 0 Å². The van der Waals surface area contributed by atoms with E-state index in [1.807, 2.05) is 25.1 Å². The number of morpholine rings is 1. The summed E-state index contributed by atoms with van der Waals surface area (Å²) in [5.74, 6) is 0.172. The molecule has 1 saturated heterocycles. The highest BCUT2D eigenvalue weighted by atomic mass is 16.5. The van der Waals surface area contributed by atoms with Gasteiger partial charge in [-0.05, 0) is 18.4 Å². The van der Waals surface area contributed by atoms with E-state index in [2.05, 4.69) is 24.0 Å². The first kappa shape index (κ1) is 16.0. The van der Waals surface area contributed by atoms with Crippen LogP contribution in [0.1, 0.15) is 31.7 Å². The van der Waals surface area contributed by atoms with E-state index in [1.54, 1.807) is 0 Å². The molecular weight excluding hydrogens is 266 g/mol. The van der Waals surface area contributed by atoms with Crippen LogP contribution in [-0.4, -0.2) is 49.8 Å². The van der Waals surface area contributed by atoms with Gasteiger partial charge in [0, 0.05) is 19.1 Å². The van der Waals surface area contributed by atoms with Gasteiger partial charge in [0.05, 0.1) is 26.2 Å². The standard InChI is InChI=1S/C17H25NO3/c1-3-21-17(19)13-16(18-9-11-20-12-10-18)14(2)15-7-5-4-6-8-15/h4-8,14,16H,3,9-13H2,1-2H3. The van der Waals surface area contributed by atoms with Crippen LogP contribution in [-0.2, 0) is 14.3 Å². The highest BCUT2D eigenvalue weighted by Crippen LogP contribution is 2.26. The summed E-state index contributed by atoms with van der Waals surface area (Å²) in [6, 6.07) is 10.5. The maximum atomic E-state index is 12.0. The van der Waals surface area contributed by atoms with Crippen molar-refractivity contribution in [1.82, 2.24) is 4.90 Å². The summed E-state index contributed by atoms with van der Waals surface area (Å²) < 4.78 is 10.6. The monoisotopic (exact) mass is 291 g/mol. The molecule has 1 heterocycles. The Kier molecular flexibility index (Phi) is 6.21. The lowest BCUT2D eigenvalue weighted by atomic mass is 9.90. The van der Waals surface area contributed by atoms with Gasteiger partial charge in [0.2, 0.25) is 0 Å². The fraction of sp³-hybridized carbons (Fsp3) is 0.588. The topological polar surface area (TPSA) is 38.8 Å². The van der Waals surface area contributed by atoms with Crippen LogP contribution in [0.3, 0.4) is 0 Å². The third-order valence-corrected chi connectivity index (χ3v) is 4.10. The molecule has 0 spiro atoms. The minimum absolute atomic E-state index is 0.114. The van der Waals surface area contributed by atoms with Crippen molar-refractivity contribution in [2.75, 3.05) is 32.9 Å². The molecule has 0 bridgehead atoms. The molecule has 1 aromatic carbocycles. The molecule has 4 heteroatoms. The Morgan fingerprint density at radius 3 is 2.57 bits per heavy atom. The number of carbonyl (C=O) groups is 1. The molecule has 21 heavy (non-hydrogen) atoms. The summed E-state index contributed by atoms with van der Waals surface area (Å²) >= 11 is 0. The van der Waals surface area contributed by atoms with E-state index in [4.69, 9.17) is 9.47 Å². The number of benzene rings is 1. The van der Waals surface area contributed by atoms with Gasteiger partial charge in [-0.1, -0.05) is 37.3 Å². The molecular formula is C17H25NO3. The number of carbonyl (C=O) groups excluding carboxylic acids is 1. The van der Waals surface area contributed by atoms with Crippen LogP contribution in [0.4, 0.5) is 0 Å². The van der Waals surface area contributed by atoms with E-state index in [0.29, 0.717) is 13.0 Å². The second-order valence-corrected chi connectivity index (χ2v) is 5.42. The van der Waals surface area contributed by atoms with Crippen molar-refractivity contribution in [3.05, 3.63) is 35.9 Å². The lowest BCUT2D eigenvalue weighted by Gasteiger charge is -2.37. The largest absolute Gasteiger partial charge is 0.466 e. The molecule has 0 aliphatic carbocycles. The van der Waals surface area contributed by atoms with E-state index in [9.17, 15) is 4.79 Å². The van der Waals surface area contributed by atoms with Crippen molar-refractivity contribution in [2.45, 2.75) is 32.2 Å². The second-order valence-electron chi connectivity index (χ2n) is 5.42. The molecule has 0 saturated carbocycles. The van der Waals surface area contributed by atoms with Crippen molar-refractivity contribution in [3.63, 3.8) is 0 Å². The normalized spacial score (nSPS) is 19.0. The Hall–Kier alpha value is -1.39. The van der Waals surface area contributed by atoms with Crippen molar-refractivity contribution in [1.29, 1.82) is 0 Å². The Morgan fingerprint density at radius 1 is 1.29 bits per heavy atom.